The first-order chi connectivity index (χ1) is 10.6. The van der Waals surface area contributed by atoms with Crippen molar-refractivity contribution in [3.8, 4) is 0 Å². The summed E-state index contributed by atoms with van der Waals surface area (Å²) < 4.78 is 0. The fraction of sp³-hybridized carbons (Fsp3) is 0.778. The van der Waals surface area contributed by atoms with Gasteiger partial charge in [-0.25, -0.2) is 0 Å². The van der Waals surface area contributed by atoms with Crippen LogP contribution >= 0.6 is 0 Å². The summed E-state index contributed by atoms with van der Waals surface area (Å²) in [6, 6.07) is 0. The molecule has 1 aliphatic heterocycles. The molecule has 0 aromatic rings. The Balaban J connectivity index is 2.11. The molecule has 22 heavy (non-hydrogen) atoms. The maximum Gasteiger partial charge on any atom is 0.238 e. The number of aliphatic hydroxyl groups is 1. The second-order valence-corrected chi connectivity index (χ2v) is 6.24. The van der Waals surface area contributed by atoms with Gasteiger partial charge in [0.25, 0.3) is 0 Å². The summed E-state index contributed by atoms with van der Waals surface area (Å²) in [5, 5.41) is 9.42. The Labute approximate surface area is 134 Å². The highest BCUT2D eigenvalue weighted by molar-refractivity contribution is 6.04. The van der Waals surface area contributed by atoms with Crippen LogP contribution in [0.4, 0.5) is 0 Å². The summed E-state index contributed by atoms with van der Waals surface area (Å²) in [7, 11) is 0. The second kappa shape index (κ2) is 10.5. The van der Waals surface area contributed by atoms with E-state index in [-0.39, 0.29) is 24.2 Å². The molecule has 1 heterocycles. The van der Waals surface area contributed by atoms with Crippen LogP contribution in [0.1, 0.15) is 78.1 Å². The number of aliphatic hydroxyl groups excluding tert-OH is 1. The highest BCUT2D eigenvalue weighted by Crippen LogP contribution is 2.22. The van der Waals surface area contributed by atoms with Crippen LogP contribution < -0.4 is 0 Å². The van der Waals surface area contributed by atoms with E-state index in [1.54, 1.807) is 0 Å². The molecule has 1 fully saturated rings. The first kappa shape index (κ1) is 18.9. The van der Waals surface area contributed by atoms with Gasteiger partial charge in [-0.3, -0.25) is 14.5 Å². The minimum atomic E-state index is -1.02. The summed E-state index contributed by atoms with van der Waals surface area (Å²) in [6.45, 7) is 3.68. The SMILES string of the molecule is CCCCCCCCCCC=CC1CC(=O)N(C(C)O)C1=O. The van der Waals surface area contributed by atoms with Gasteiger partial charge in [0.1, 0.15) is 6.23 Å². The van der Waals surface area contributed by atoms with Crippen LogP contribution in [0, 0.1) is 5.92 Å². The van der Waals surface area contributed by atoms with Crippen molar-refractivity contribution in [1.82, 2.24) is 4.90 Å². The van der Waals surface area contributed by atoms with E-state index in [1.165, 1.54) is 51.9 Å². The van der Waals surface area contributed by atoms with Gasteiger partial charge in [-0.2, -0.15) is 0 Å². The van der Waals surface area contributed by atoms with E-state index in [1.807, 2.05) is 12.2 Å². The van der Waals surface area contributed by atoms with Crippen molar-refractivity contribution in [2.45, 2.75) is 84.3 Å². The molecule has 1 aliphatic rings. The Morgan fingerprint density at radius 2 is 1.73 bits per heavy atom. The van der Waals surface area contributed by atoms with Crippen molar-refractivity contribution in [2.75, 3.05) is 0 Å². The highest BCUT2D eigenvalue weighted by Gasteiger charge is 2.39. The second-order valence-electron chi connectivity index (χ2n) is 6.24. The quantitative estimate of drug-likeness (QED) is 0.359. The maximum absolute atomic E-state index is 11.9. The van der Waals surface area contributed by atoms with Crippen molar-refractivity contribution >= 4 is 11.8 Å². The van der Waals surface area contributed by atoms with E-state index >= 15 is 0 Å². The fourth-order valence-electron chi connectivity index (χ4n) is 2.87. The van der Waals surface area contributed by atoms with Gasteiger partial charge >= 0.3 is 0 Å². The summed E-state index contributed by atoms with van der Waals surface area (Å²) >= 11 is 0. The molecule has 0 radical (unpaired) electrons. The molecule has 1 N–H and O–H groups in total. The van der Waals surface area contributed by atoms with Gasteiger partial charge in [0, 0.05) is 6.42 Å². The molecule has 0 bridgehead atoms. The fourth-order valence-corrected chi connectivity index (χ4v) is 2.87. The Morgan fingerprint density at radius 3 is 2.27 bits per heavy atom. The third-order valence-electron chi connectivity index (χ3n) is 4.18. The summed E-state index contributed by atoms with van der Waals surface area (Å²) in [6.07, 6.45) is 14.3. The number of carbonyl (C=O) groups is 2. The molecule has 0 aromatic carbocycles. The molecule has 0 spiro atoms. The van der Waals surface area contributed by atoms with Gasteiger partial charge in [-0.15, -0.1) is 0 Å². The van der Waals surface area contributed by atoms with Crippen molar-refractivity contribution in [3.63, 3.8) is 0 Å². The summed E-state index contributed by atoms with van der Waals surface area (Å²) in [5.41, 5.74) is 0. The van der Waals surface area contributed by atoms with E-state index in [2.05, 4.69) is 6.92 Å². The normalized spacial score (nSPS) is 20.3. The molecule has 2 atom stereocenters. The average Bonchev–Trinajstić information content (AvgIpc) is 2.75. The lowest BCUT2D eigenvalue weighted by Gasteiger charge is -2.16. The molecule has 0 aliphatic carbocycles. The first-order valence-corrected chi connectivity index (χ1v) is 8.78. The van der Waals surface area contributed by atoms with Crippen LogP contribution in [0.5, 0.6) is 0 Å². The Morgan fingerprint density at radius 1 is 1.14 bits per heavy atom. The van der Waals surface area contributed by atoms with Crippen LogP contribution in [0.3, 0.4) is 0 Å². The number of allylic oxidation sites excluding steroid dienone is 1. The summed E-state index contributed by atoms with van der Waals surface area (Å²) in [4.78, 5) is 24.5. The molecule has 126 valence electrons. The van der Waals surface area contributed by atoms with E-state index in [0.717, 1.165) is 17.7 Å². The third-order valence-corrected chi connectivity index (χ3v) is 4.18. The van der Waals surface area contributed by atoms with Gasteiger partial charge in [-0.05, 0) is 19.8 Å². The molecule has 2 amide bonds. The topological polar surface area (TPSA) is 57.6 Å². The maximum atomic E-state index is 11.9. The van der Waals surface area contributed by atoms with Crippen LogP contribution in [0.25, 0.3) is 0 Å². The van der Waals surface area contributed by atoms with Gasteiger partial charge in [0.05, 0.1) is 5.92 Å². The lowest BCUT2D eigenvalue weighted by Crippen LogP contribution is -2.38. The lowest BCUT2D eigenvalue weighted by molar-refractivity contribution is -0.148. The molecule has 4 nitrogen and oxygen atoms in total. The number of imide groups is 1. The van der Waals surface area contributed by atoms with E-state index < -0.39 is 6.23 Å². The standard InChI is InChI=1S/C18H31NO3/c1-3-4-5-6-7-8-9-10-11-12-13-16-14-17(21)19(15(2)20)18(16)22/h12-13,15-16,20H,3-11,14H2,1-2H3. The number of nitrogens with zero attached hydrogens (tertiary/aromatic N) is 1. The molecule has 1 saturated heterocycles. The van der Waals surface area contributed by atoms with Gasteiger partial charge in [0.2, 0.25) is 11.8 Å². The van der Waals surface area contributed by atoms with Gasteiger partial charge in [-0.1, -0.05) is 64.0 Å². The number of hydrogen-bond donors (Lipinski definition) is 1. The molecular weight excluding hydrogens is 278 g/mol. The Bertz CT molecular complexity index is 377. The van der Waals surface area contributed by atoms with Crippen molar-refractivity contribution in [3.05, 3.63) is 12.2 Å². The Kier molecular flexibility index (Phi) is 9.05. The zero-order chi connectivity index (χ0) is 16.4. The van der Waals surface area contributed by atoms with E-state index in [0.29, 0.717) is 0 Å². The predicted octanol–water partition coefficient (Wildman–Crippen LogP) is 3.79. The number of rotatable bonds is 11. The molecular formula is C18H31NO3. The van der Waals surface area contributed by atoms with Crippen LogP contribution in [0.2, 0.25) is 0 Å². The molecule has 1 rings (SSSR count). The van der Waals surface area contributed by atoms with Crippen molar-refractivity contribution in [1.29, 1.82) is 0 Å². The van der Waals surface area contributed by atoms with Gasteiger partial charge in [0.15, 0.2) is 0 Å². The zero-order valence-electron chi connectivity index (χ0n) is 14.1. The monoisotopic (exact) mass is 309 g/mol. The molecule has 4 heteroatoms. The van der Waals surface area contributed by atoms with E-state index in [4.69, 9.17) is 0 Å². The Hall–Kier alpha value is -1.16. The number of carbonyl (C=O) groups excluding carboxylic acids is 2. The summed E-state index contributed by atoms with van der Waals surface area (Å²) in [5.74, 6) is -0.926. The number of unbranched alkanes of at least 4 members (excludes halogenated alkanes) is 8. The minimum absolute atomic E-state index is 0.192. The number of amides is 2. The van der Waals surface area contributed by atoms with Crippen molar-refractivity contribution < 1.29 is 14.7 Å². The third kappa shape index (κ3) is 6.30. The number of likely N-dealkylation sites (tertiary alicyclic amines) is 1. The van der Waals surface area contributed by atoms with Gasteiger partial charge < -0.3 is 5.11 Å². The van der Waals surface area contributed by atoms with Crippen molar-refractivity contribution in [2.24, 2.45) is 5.92 Å². The highest BCUT2D eigenvalue weighted by atomic mass is 16.3. The lowest BCUT2D eigenvalue weighted by atomic mass is 10.0. The van der Waals surface area contributed by atoms with E-state index in [9.17, 15) is 14.7 Å². The molecule has 0 aromatic heterocycles. The average molecular weight is 309 g/mol. The molecule has 0 saturated carbocycles. The molecule has 2 unspecified atom stereocenters. The largest absolute Gasteiger partial charge is 0.373 e. The number of hydrogen-bond acceptors (Lipinski definition) is 3. The van der Waals surface area contributed by atoms with Crippen LogP contribution in [0.15, 0.2) is 12.2 Å². The van der Waals surface area contributed by atoms with Crippen LogP contribution in [-0.2, 0) is 9.59 Å². The minimum Gasteiger partial charge on any atom is -0.373 e. The van der Waals surface area contributed by atoms with Crippen LogP contribution in [-0.4, -0.2) is 28.0 Å². The zero-order valence-corrected chi connectivity index (χ0v) is 14.1. The predicted molar refractivity (Wildman–Crippen MR) is 88.0 cm³/mol. The first-order valence-electron chi connectivity index (χ1n) is 8.78. The smallest absolute Gasteiger partial charge is 0.238 e.